The van der Waals surface area contributed by atoms with E-state index in [9.17, 15) is 23.1 Å². The molecular formula is C30H50F3NO2. The molecule has 36 heavy (non-hydrogen) atoms. The summed E-state index contributed by atoms with van der Waals surface area (Å²) in [6, 6.07) is 5.95. The van der Waals surface area contributed by atoms with E-state index in [4.69, 9.17) is 0 Å². The van der Waals surface area contributed by atoms with Crippen LogP contribution in [0, 0.1) is 18.3 Å². The second-order valence-corrected chi connectivity index (χ2v) is 10.5. The van der Waals surface area contributed by atoms with Gasteiger partial charge in [0.2, 0.25) is 0 Å². The second kappa shape index (κ2) is 15.5. The molecule has 3 rings (SSSR count). The molecule has 2 fully saturated rings. The molecule has 0 heterocycles. The Balaban J connectivity index is 0.000000555. The quantitative estimate of drug-likeness (QED) is 0.369. The molecule has 1 aromatic rings. The molecule has 0 atom stereocenters. The van der Waals surface area contributed by atoms with E-state index < -0.39 is 17.2 Å². The number of nitrogens with zero attached hydrogens (tertiary/aromatic N) is 1. The van der Waals surface area contributed by atoms with Crippen LogP contribution < -0.4 is 0 Å². The number of hydrogen-bond acceptors (Lipinski definition) is 3. The smallest absolute Gasteiger partial charge is 0.386 e. The van der Waals surface area contributed by atoms with Crippen molar-refractivity contribution in [2.24, 2.45) is 16.3 Å². The van der Waals surface area contributed by atoms with Crippen molar-refractivity contribution in [3.63, 3.8) is 0 Å². The second-order valence-electron chi connectivity index (χ2n) is 10.5. The normalized spacial score (nSPS) is 16.8. The first-order valence-corrected chi connectivity index (χ1v) is 13.6. The van der Waals surface area contributed by atoms with Crippen molar-refractivity contribution in [2.45, 2.75) is 132 Å². The topological polar surface area (TPSA) is 49.7 Å². The van der Waals surface area contributed by atoms with Gasteiger partial charge in [0.1, 0.15) is 5.78 Å². The Labute approximate surface area is 218 Å². The predicted molar refractivity (Wildman–Crippen MR) is 146 cm³/mol. The van der Waals surface area contributed by atoms with E-state index in [-0.39, 0.29) is 31.5 Å². The summed E-state index contributed by atoms with van der Waals surface area (Å²) >= 11 is 0. The molecule has 0 amide bonds. The number of alkyl halides is 3. The van der Waals surface area contributed by atoms with Crippen LogP contribution in [0.4, 0.5) is 18.9 Å². The highest BCUT2D eigenvalue weighted by atomic mass is 19.4. The van der Waals surface area contributed by atoms with Crippen molar-refractivity contribution >= 4 is 17.2 Å². The number of carbonyl (C=O) groups excluding carboxylic acids is 1. The molecule has 0 aliphatic heterocycles. The zero-order valence-electron chi connectivity index (χ0n) is 24.1. The number of halogens is 3. The third-order valence-corrected chi connectivity index (χ3v) is 6.60. The Kier molecular flexibility index (Phi) is 14.8. The SMILES string of the molecule is CC.CC1CCC1.CCC(=O)CC1(C(F)(F)F)CC1.CCCC(C)=Nc1ccc(C(C)(C)O)cc1C. The number of carbonyl (C=O) groups is 1. The average Bonchev–Trinajstić information content (AvgIpc) is 3.56. The van der Waals surface area contributed by atoms with E-state index in [0.717, 1.165) is 41.3 Å². The van der Waals surface area contributed by atoms with E-state index in [1.165, 1.54) is 19.3 Å². The summed E-state index contributed by atoms with van der Waals surface area (Å²) in [5, 5.41) is 9.93. The van der Waals surface area contributed by atoms with E-state index in [2.05, 4.69) is 25.8 Å². The maximum absolute atomic E-state index is 12.2. The fourth-order valence-electron chi connectivity index (χ4n) is 3.61. The molecule has 1 N–H and O–H groups in total. The zero-order valence-corrected chi connectivity index (χ0v) is 24.1. The van der Waals surface area contributed by atoms with Gasteiger partial charge < -0.3 is 5.11 Å². The molecule has 2 saturated carbocycles. The number of rotatable bonds is 7. The van der Waals surface area contributed by atoms with Gasteiger partial charge in [0, 0.05) is 18.6 Å². The van der Waals surface area contributed by atoms with Crippen LogP contribution >= 0.6 is 0 Å². The fraction of sp³-hybridized carbons (Fsp3) is 0.733. The van der Waals surface area contributed by atoms with E-state index >= 15 is 0 Å². The molecule has 0 unspecified atom stereocenters. The molecule has 3 nitrogen and oxygen atoms in total. The minimum absolute atomic E-state index is 0.127. The van der Waals surface area contributed by atoms with Crippen molar-refractivity contribution in [2.75, 3.05) is 0 Å². The molecule has 0 saturated heterocycles. The third kappa shape index (κ3) is 12.0. The van der Waals surface area contributed by atoms with Crippen LogP contribution in [0.5, 0.6) is 0 Å². The average molecular weight is 514 g/mol. The Morgan fingerprint density at radius 3 is 1.97 bits per heavy atom. The largest absolute Gasteiger partial charge is 0.394 e. The summed E-state index contributed by atoms with van der Waals surface area (Å²) in [6.45, 7) is 17.8. The van der Waals surface area contributed by atoms with Crippen molar-refractivity contribution in [3.8, 4) is 0 Å². The van der Waals surface area contributed by atoms with Crippen LogP contribution in [0.3, 0.4) is 0 Å². The van der Waals surface area contributed by atoms with Gasteiger partial charge in [-0.25, -0.2) is 0 Å². The number of aliphatic imine (C=N–C) groups is 1. The van der Waals surface area contributed by atoms with Gasteiger partial charge in [-0.05, 0) is 70.1 Å². The molecule has 0 bridgehead atoms. The Hall–Kier alpha value is -1.69. The van der Waals surface area contributed by atoms with Gasteiger partial charge in [0.25, 0.3) is 0 Å². The highest BCUT2D eigenvalue weighted by Gasteiger charge is 2.63. The molecule has 6 heteroatoms. The summed E-state index contributed by atoms with van der Waals surface area (Å²) in [6.07, 6.45) is 2.58. The molecular weight excluding hydrogens is 463 g/mol. The summed E-state index contributed by atoms with van der Waals surface area (Å²) in [4.78, 5) is 15.4. The van der Waals surface area contributed by atoms with Crippen LogP contribution in [0.25, 0.3) is 0 Å². The minimum atomic E-state index is -4.18. The van der Waals surface area contributed by atoms with Crippen molar-refractivity contribution < 1.29 is 23.1 Å². The van der Waals surface area contributed by atoms with Crippen LogP contribution in [-0.2, 0) is 10.4 Å². The molecule has 0 spiro atoms. The number of hydrogen-bond donors (Lipinski definition) is 1. The number of aryl methyl sites for hydroxylation is 1. The Bertz CT molecular complexity index is 814. The lowest BCUT2D eigenvalue weighted by atomic mass is 9.88. The van der Waals surface area contributed by atoms with E-state index in [0.29, 0.717) is 0 Å². The van der Waals surface area contributed by atoms with Crippen LogP contribution in [0.15, 0.2) is 23.2 Å². The van der Waals surface area contributed by atoms with E-state index in [1.54, 1.807) is 20.8 Å². The first kappa shape index (κ1) is 34.3. The molecule has 2 aliphatic rings. The summed E-state index contributed by atoms with van der Waals surface area (Å²) in [5.41, 5.74) is 1.78. The predicted octanol–water partition coefficient (Wildman–Crippen LogP) is 9.65. The zero-order chi connectivity index (χ0) is 28.2. The lowest BCUT2D eigenvalue weighted by molar-refractivity contribution is -0.190. The van der Waals surface area contributed by atoms with Gasteiger partial charge in [-0.1, -0.05) is 72.4 Å². The summed E-state index contributed by atoms with van der Waals surface area (Å²) in [5.74, 6) is 0.778. The van der Waals surface area contributed by atoms with Crippen molar-refractivity contribution in [1.82, 2.24) is 0 Å². The highest BCUT2D eigenvalue weighted by Crippen LogP contribution is 2.60. The first-order valence-electron chi connectivity index (χ1n) is 13.6. The van der Waals surface area contributed by atoms with Crippen LogP contribution in [0.1, 0.15) is 124 Å². The molecule has 208 valence electrons. The molecule has 0 radical (unpaired) electrons. The highest BCUT2D eigenvalue weighted by molar-refractivity contribution is 5.84. The number of Topliss-reactive ketones (excluding diaryl/α,β-unsaturated/α-hetero) is 1. The maximum atomic E-state index is 12.2. The lowest BCUT2D eigenvalue weighted by Crippen LogP contribution is -2.26. The maximum Gasteiger partial charge on any atom is 0.394 e. The molecule has 1 aromatic carbocycles. The summed E-state index contributed by atoms with van der Waals surface area (Å²) < 4.78 is 36.7. The lowest BCUT2D eigenvalue weighted by Gasteiger charge is -2.18. The molecule has 0 aromatic heterocycles. The number of benzene rings is 1. The van der Waals surface area contributed by atoms with Gasteiger partial charge >= 0.3 is 6.18 Å². The number of aliphatic hydroxyl groups is 1. The Morgan fingerprint density at radius 1 is 1.14 bits per heavy atom. The van der Waals surface area contributed by atoms with Gasteiger partial charge in [-0.2, -0.15) is 13.2 Å². The standard InChI is InChI=1S/C15H23NO.C8H11F3O.C5H10.C2H6/c1-6-7-12(3)16-14-9-8-13(10-11(14)2)15(4,5)17;1-2-6(12)5-7(3-4-7)8(9,10)11;1-5-3-2-4-5;1-2/h8-10,17H,6-7H2,1-5H3;2-5H2,1H3;5H,2-4H2,1H3;1-2H3. The minimum Gasteiger partial charge on any atom is -0.386 e. The molecule has 2 aliphatic carbocycles. The van der Waals surface area contributed by atoms with Crippen molar-refractivity contribution in [1.29, 1.82) is 0 Å². The first-order chi connectivity index (χ1) is 16.6. The van der Waals surface area contributed by atoms with Gasteiger partial charge in [-0.15, -0.1) is 0 Å². The van der Waals surface area contributed by atoms with E-state index in [1.807, 2.05) is 39.0 Å². The van der Waals surface area contributed by atoms with Gasteiger partial charge in [0.15, 0.2) is 0 Å². The fourth-order valence-corrected chi connectivity index (χ4v) is 3.61. The van der Waals surface area contributed by atoms with Crippen molar-refractivity contribution in [3.05, 3.63) is 29.3 Å². The van der Waals surface area contributed by atoms with Crippen LogP contribution in [-0.4, -0.2) is 22.8 Å². The van der Waals surface area contributed by atoms with Gasteiger partial charge in [-0.3, -0.25) is 9.79 Å². The summed E-state index contributed by atoms with van der Waals surface area (Å²) in [7, 11) is 0. The van der Waals surface area contributed by atoms with Crippen LogP contribution in [0.2, 0.25) is 0 Å². The monoisotopic (exact) mass is 513 g/mol. The number of ketones is 1. The Morgan fingerprint density at radius 2 is 1.67 bits per heavy atom. The third-order valence-electron chi connectivity index (χ3n) is 6.60. The van der Waals surface area contributed by atoms with Gasteiger partial charge in [0.05, 0.1) is 16.7 Å².